The summed E-state index contributed by atoms with van der Waals surface area (Å²) in [5, 5.41) is 2.73. The van der Waals surface area contributed by atoms with Crippen LogP contribution in [0.25, 0.3) is 0 Å². The number of amides is 2. The third kappa shape index (κ3) is 7.21. The summed E-state index contributed by atoms with van der Waals surface area (Å²) in [6, 6.07) is 11.7. The molecule has 0 bridgehead atoms. The number of nitrogens with zero attached hydrogens (tertiary/aromatic N) is 2. The van der Waals surface area contributed by atoms with Crippen LogP contribution in [0.1, 0.15) is 30.5 Å². The molecule has 2 aromatic rings. The molecule has 0 spiro atoms. The maximum atomic E-state index is 13.4. The van der Waals surface area contributed by atoms with Crippen LogP contribution in [0.3, 0.4) is 0 Å². The molecule has 0 radical (unpaired) electrons. The quantitative estimate of drug-likeness (QED) is 0.570. The zero-order valence-corrected chi connectivity index (χ0v) is 20.9. The van der Waals surface area contributed by atoms with E-state index in [9.17, 15) is 18.0 Å². The molecule has 0 heterocycles. The molecule has 1 unspecified atom stereocenters. The van der Waals surface area contributed by atoms with E-state index >= 15 is 0 Å². The highest BCUT2D eigenvalue weighted by atomic mass is 32.2. The van der Waals surface area contributed by atoms with Gasteiger partial charge in [0.25, 0.3) is 0 Å². The van der Waals surface area contributed by atoms with Gasteiger partial charge in [-0.2, -0.15) is 0 Å². The molecule has 9 heteroatoms. The maximum Gasteiger partial charge on any atom is 0.244 e. The molecule has 33 heavy (non-hydrogen) atoms. The first kappa shape index (κ1) is 26.2. The maximum absolute atomic E-state index is 13.4. The number of hydrogen-bond acceptors (Lipinski definition) is 5. The van der Waals surface area contributed by atoms with Gasteiger partial charge in [-0.25, -0.2) is 8.42 Å². The van der Waals surface area contributed by atoms with Gasteiger partial charge in [0.1, 0.15) is 18.3 Å². The number of aryl methyl sites for hydroxylation is 2. The van der Waals surface area contributed by atoms with E-state index in [0.29, 0.717) is 18.0 Å². The van der Waals surface area contributed by atoms with Gasteiger partial charge >= 0.3 is 0 Å². The lowest BCUT2D eigenvalue weighted by molar-refractivity contribution is -0.139. The molecule has 0 fully saturated rings. The van der Waals surface area contributed by atoms with Crippen molar-refractivity contribution in [1.82, 2.24) is 10.2 Å². The normalized spacial score (nSPS) is 12.1. The Morgan fingerprint density at radius 3 is 2.12 bits per heavy atom. The van der Waals surface area contributed by atoms with Gasteiger partial charge in [0, 0.05) is 13.1 Å². The Balaban J connectivity index is 2.40. The molecule has 2 amide bonds. The second-order valence-electron chi connectivity index (χ2n) is 8.06. The summed E-state index contributed by atoms with van der Waals surface area (Å²) < 4.78 is 31.5. The Kier molecular flexibility index (Phi) is 8.87. The van der Waals surface area contributed by atoms with Gasteiger partial charge in [0.05, 0.1) is 19.1 Å². The van der Waals surface area contributed by atoms with Crippen molar-refractivity contribution >= 4 is 27.5 Å². The lowest BCUT2D eigenvalue weighted by atomic mass is 10.1. The molecule has 0 aliphatic carbocycles. The van der Waals surface area contributed by atoms with E-state index in [2.05, 4.69) is 5.32 Å². The minimum Gasteiger partial charge on any atom is -0.497 e. The summed E-state index contributed by atoms with van der Waals surface area (Å²) >= 11 is 0. The summed E-state index contributed by atoms with van der Waals surface area (Å²) in [5.74, 6) is -0.114. The number of anilines is 1. The van der Waals surface area contributed by atoms with Gasteiger partial charge in [-0.15, -0.1) is 0 Å². The number of rotatable bonds is 10. The summed E-state index contributed by atoms with van der Waals surface area (Å²) in [4.78, 5) is 27.4. The third-order valence-electron chi connectivity index (χ3n) is 5.20. The summed E-state index contributed by atoms with van der Waals surface area (Å²) in [6.45, 7) is 7.32. The number of ether oxygens (including phenoxy) is 1. The number of likely N-dealkylation sites (N-methyl/N-ethyl adjacent to an activating group) is 1. The number of hydrogen-bond donors (Lipinski definition) is 1. The second kappa shape index (κ2) is 11.2. The average molecular weight is 476 g/mol. The zero-order valence-electron chi connectivity index (χ0n) is 20.1. The van der Waals surface area contributed by atoms with Crippen LogP contribution in [0.4, 0.5) is 5.69 Å². The monoisotopic (exact) mass is 475 g/mol. The van der Waals surface area contributed by atoms with Crippen molar-refractivity contribution in [2.45, 2.75) is 40.3 Å². The second-order valence-corrected chi connectivity index (χ2v) is 9.96. The van der Waals surface area contributed by atoms with Gasteiger partial charge in [0.15, 0.2) is 0 Å². The Morgan fingerprint density at radius 2 is 1.64 bits per heavy atom. The Hall–Kier alpha value is -3.07. The molecule has 180 valence electrons. The fourth-order valence-electron chi connectivity index (χ4n) is 3.54. The average Bonchev–Trinajstić information content (AvgIpc) is 2.74. The highest BCUT2D eigenvalue weighted by Gasteiger charge is 2.30. The standard InChI is InChI=1S/C24H33N3O5S/c1-7-25-24(29)19(4)26(15-20-8-10-22(32-5)11-9-20)23(28)16-27(33(6,30)31)21-13-17(2)12-18(3)14-21/h8-14,19H,7,15-16H2,1-6H3,(H,25,29). The summed E-state index contributed by atoms with van der Waals surface area (Å²) in [7, 11) is -2.19. The van der Waals surface area contributed by atoms with E-state index in [1.807, 2.05) is 32.0 Å². The van der Waals surface area contributed by atoms with E-state index in [0.717, 1.165) is 27.3 Å². The highest BCUT2D eigenvalue weighted by Crippen LogP contribution is 2.22. The van der Waals surface area contributed by atoms with Crippen LogP contribution in [-0.4, -0.2) is 57.6 Å². The largest absolute Gasteiger partial charge is 0.497 e. The van der Waals surface area contributed by atoms with Crippen molar-refractivity contribution in [3.63, 3.8) is 0 Å². The van der Waals surface area contributed by atoms with Gasteiger partial charge in [-0.05, 0) is 68.7 Å². The summed E-state index contributed by atoms with van der Waals surface area (Å²) in [6.07, 6.45) is 1.07. The molecule has 1 N–H and O–H groups in total. The van der Waals surface area contributed by atoms with Crippen LogP contribution in [0.15, 0.2) is 42.5 Å². The molecule has 0 aromatic heterocycles. The smallest absolute Gasteiger partial charge is 0.244 e. The molecule has 0 aliphatic rings. The van der Waals surface area contributed by atoms with Crippen LogP contribution in [0.2, 0.25) is 0 Å². The van der Waals surface area contributed by atoms with Gasteiger partial charge in [0.2, 0.25) is 21.8 Å². The zero-order chi connectivity index (χ0) is 24.8. The SMILES string of the molecule is CCNC(=O)C(C)N(Cc1ccc(OC)cc1)C(=O)CN(c1cc(C)cc(C)c1)S(C)(=O)=O. The molecular formula is C24H33N3O5S. The Labute approximate surface area is 196 Å². The first-order valence-electron chi connectivity index (χ1n) is 10.7. The number of benzene rings is 2. The minimum atomic E-state index is -3.75. The number of methoxy groups -OCH3 is 1. The molecule has 0 aliphatic heterocycles. The Morgan fingerprint density at radius 1 is 1.06 bits per heavy atom. The van der Waals surface area contributed by atoms with Crippen molar-refractivity contribution < 1.29 is 22.7 Å². The van der Waals surface area contributed by atoms with Crippen molar-refractivity contribution in [3.05, 3.63) is 59.2 Å². The number of nitrogens with one attached hydrogen (secondary N) is 1. The number of carbonyl (C=O) groups is 2. The van der Waals surface area contributed by atoms with Crippen molar-refractivity contribution in [2.24, 2.45) is 0 Å². The lowest BCUT2D eigenvalue weighted by Crippen LogP contribution is -2.51. The molecule has 8 nitrogen and oxygen atoms in total. The minimum absolute atomic E-state index is 0.144. The van der Waals surface area contributed by atoms with Gasteiger partial charge < -0.3 is 15.0 Å². The number of carbonyl (C=O) groups excluding carboxylic acids is 2. The van der Waals surface area contributed by atoms with Crippen LogP contribution in [0, 0.1) is 13.8 Å². The molecule has 2 rings (SSSR count). The molecule has 0 saturated carbocycles. The number of sulfonamides is 1. The van der Waals surface area contributed by atoms with Crippen LogP contribution >= 0.6 is 0 Å². The lowest BCUT2D eigenvalue weighted by Gasteiger charge is -2.31. The van der Waals surface area contributed by atoms with E-state index in [1.165, 1.54) is 4.90 Å². The van der Waals surface area contributed by atoms with Gasteiger partial charge in [-0.3, -0.25) is 13.9 Å². The van der Waals surface area contributed by atoms with Crippen molar-refractivity contribution in [3.8, 4) is 5.75 Å². The Bertz CT molecular complexity index is 1060. The first-order valence-corrected chi connectivity index (χ1v) is 12.6. The first-order chi connectivity index (χ1) is 15.5. The molecule has 2 aromatic carbocycles. The fourth-order valence-corrected chi connectivity index (χ4v) is 4.37. The van der Waals surface area contributed by atoms with E-state index < -0.39 is 28.5 Å². The topological polar surface area (TPSA) is 96.0 Å². The predicted octanol–water partition coefficient (Wildman–Crippen LogP) is 2.63. The van der Waals surface area contributed by atoms with Gasteiger partial charge in [-0.1, -0.05) is 18.2 Å². The van der Waals surface area contributed by atoms with Crippen molar-refractivity contribution in [1.29, 1.82) is 0 Å². The summed E-state index contributed by atoms with van der Waals surface area (Å²) in [5.41, 5.74) is 2.98. The van der Waals surface area contributed by atoms with E-state index in [4.69, 9.17) is 4.74 Å². The fraction of sp³-hybridized carbons (Fsp3) is 0.417. The highest BCUT2D eigenvalue weighted by molar-refractivity contribution is 7.92. The molecule has 1 atom stereocenters. The third-order valence-corrected chi connectivity index (χ3v) is 6.34. The predicted molar refractivity (Wildman–Crippen MR) is 130 cm³/mol. The van der Waals surface area contributed by atoms with Crippen LogP contribution in [-0.2, 0) is 26.2 Å². The van der Waals surface area contributed by atoms with E-state index in [-0.39, 0.29) is 12.5 Å². The molecular weight excluding hydrogens is 442 g/mol. The van der Waals surface area contributed by atoms with Crippen molar-refractivity contribution in [2.75, 3.05) is 30.8 Å². The molecule has 0 saturated heterocycles. The van der Waals surface area contributed by atoms with Crippen LogP contribution < -0.4 is 14.4 Å². The van der Waals surface area contributed by atoms with E-state index in [1.54, 1.807) is 45.2 Å². The van der Waals surface area contributed by atoms with Crippen LogP contribution in [0.5, 0.6) is 5.75 Å².